The third-order valence-corrected chi connectivity index (χ3v) is 11.1. The third kappa shape index (κ3) is 6.32. The minimum atomic E-state index is -1.77. The maximum absolute atomic E-state index is 14.7. The van der Waals surface area contributed by atoms with Gasteiger partial charge in [0.25, 0.3) is 11.3 Å². The number of thiazole rings is 1. The zero-order valence-electron chi connectivity index (χ0n) is 27.6. The van der Waals surface area contributed by atoms with Gasteiger partial charge < -0.3 is 30.3 Å². The summed E-state index contributed by atoms with van der Waals surface area (Å²) in [6.07, 6.45) is -0.868. The Bertz CT molecular complexity index is 2180. The molecule has 15 heteroatoms. The van der Waals surface area contributed by atoms with Crippen LogP contribution in [0, 0.1) is 0 Å². The number of nitrogens with two attached hydrogens (primary N) is 1. The number of thioether (sulfide) groups is 1. The number of hydrogen-bond donors (Lipinski definition) is 2. The molecule has 5 aromatic rings. The number of esters is 1. The molecule has 13 nitrogen and oxygen atoms in total. The summed E-state index contributed by atoms with van der Waals surface area (Å²) < 4.78 is 12.2. The molecule has 1 aromatic heterocycles. The lowest BCUT2D eigenvalue weighted by Gasteiger charge is -2.54. The van der Waals surface area contributed by atoms with Crippen molar-refractivity contribution < 1.29 is 28.7 Å². The maximum Gasteiger partial charge on any atom is 0.320 e. The lowest BCUT2D eigenvalue weighted by molar-refractivity contribution is -0.160. The Balaban J connectivity index is 1.20. The molecule has 3 atom stereocenters. The van der Waals surface area contributed by atoms with Gasteiger partial charge in [0.1, 0.15) is 36.2 Å². The fourth-order valence-electron chi connectivity index (χ4n) is 6.33. The number of amides is 2. The molecule has 2 unspecified atom stereocenters. The van der Waals surface area contributed by atoms with Crippen molar-refractivity contribution >= 4 is 51.7 Å². The molecule has 0 bridgehead atoms. The summed E-state index contributed by atoms with van der Waals surface area (Å²) >= 11 is 2.29. The van der Waals surface area contributed by atoms with E-state index in [1.54, 1.807) is 12.1 Å². The van der Waals surface area contributed by atoms with Gasteiger partial charge in [0.05, 0.1) is 5.56 Å². The number of ether oxygens (including phenoxy) is 2. The molecule has 7 rings (SSSR count). The second-order valence-electron chi connectivity index (χ2n) is 12.1. The molecule has 2 amide bonds. The van der Waals surface area contributed by atoms with Crippen LogP contribution < -0.4 is 26.6 Å². The quantitative estimate of drug-likeness (QED) is 0.0632. The summed E-state index contributed by atoms with van der Waals surface area (Å²) in [7, 11) is 1.27. The Hall–Kier alpha value is -5.80. The van der Waals surface area contributed by atoms with Crippen LogP contribution in [0.2, 0.25) is 0 Å². The Labute approximate surface area is 305 Å². The lowest BCUT2D eigenvalue weighted by Crippen LogP contribution is -2.75. The van der Waals surface area contributed by atoms with Crippen LogP contribution in [0.4, 0.5) is 5.13 Å². The van der Waals surface area contributed by atoms with Crippen molar-refractivity contribution in [2.24, 2.45) is 5.16 Å². The molecule has 0 radical (unpaired) electrons. The molecule has 0 saturated carbocycles. The van der Waals surface area contributed by atoms with Gasteiger partial charge in [-0.05, 0) is 16.7 Å². The van der Waals surface area contributed by atoms with Gasteiger partial charge in [0.15, 0.2) is 22.7 Å². The number of β-lactam (4-membered cyclic amide) rings is 1. The fraction of sp³-hybridized carbons (Fsp3) is 0.216. The number of benzene rings is 3. The van der Waals surface area contributed by atoms with Crippen LogP contribution in [0.3, 0.4) is 0 Å². The number of anilines is 1. The Morgan fingerprint density at radius 1 is 0.981 bits per heavy atom. The minimum absolute atomic E-state index is 0.0248. The molecule has 264 valence electrons. The molecule has 4 aromatic carbocycles. The van der Waals surface area contributed by atoms with E-state index in [1.807, 2.05) is 78.9 Å². The third-order valence-electron chi connectivity index (χ3n) is 8.92. The number of nitrogen functional groups attached to an aromatic ring is 1. The predicted molar refractivity (Wildman–Crippen MR) is 195 cm³/mol. The summed E-state index contributed by atoms with van der Waals surface area (Å²) in [5.74, 6) is -2.32. The molecule has 2 aliphatic heterocycles. The van der Waals surface area contributed by atoms with E-state index >= 15 is 0 Å². The largest absolute Gasteiger partial charge is 0.484 e. The smallest absolute Gasteiger partial charge is 0.320 e. The van der Waals surface area contributed by atoms with Crippen LogP contribution in [-0.2, 0) is 36.0 Å². The van der Waals surface area contributed by atoms with Crippen molar-refractivity contribution in [2.45, 2.75) is 29.5 Å². The van der Waals surface area contributed by atoms with E-state index < -0.39 is 51.6 Å². The van der Waals surface area contributed by atoms with E-state index in [0.29, 0.717) is 11.1 Å². The Morgan fingerprint density at radius 3 is 2.21 bits per heavy atom. The monoisotopic (exact) mass is 737 g/mol. The molecule has 2 aliphatic rings. The van der Waals surface area contributed by atoms with Crippen molar-refractivity contribution in [2.75, 3.05) is 25.1 Å². The Kier molecular flexibility index (Phi) is 9.62. The molecule has 52 heavy (non-hydrogen) atoms. The summed E-state index contributed by atoms with van der Waals surface area (Å²) in [6.45, 7) is -0.317. The predicted octanol–water partition coefficient (Wildman–Crippen LogP) is 2.92. The van der Waals surface area contributed by atoms with Crippen molar-refractivity contribution in [3.8, 4) is 5.75 Å². The molecule has 0 spiro atoms. The van der Waals surface area contributed by atoms with Gasteiger partial charge in [-0.15, -0.1) is 23.1 Å². The van der Waals surface area contributed by atoms with Gasteiger partial charge in [-0.25, -0.2) is 4.98 Å². The first-order valence-electron chi connectivity index (χ1n) is 16.1. The highest BCUT2D eigenvalue weighted by Crippen LogP contribution is 2.46. The normalized spacial score (nSPS) is 19.8. The van der Waals surface area contributed by atoms with Gasteiger partial charge in [-0.2, -0.15) is 0 Å². The number of nitrogens with zero attached hydrogens (tertiary/aromatic N) is 3. The summed E-state index contributed by atoms with van der Waals surface area (Å²) in [5.41, 5.74) is 4.22. The Morgan fingerprint density at radius 2 is 1.62 bits per heavy atom. The summed E-state index contributed by atoms with van der Waals surface area (Å²) in [4.78, 5) is 78.6. The first-order valence-corrected chi connectivity index (χ1v) is 18.0. The number of oxime groups is 1. The van der Waals surface area contributed by atoms with E-state index in [2.05, 4.69) is 15.5 Å². The summed E-state index contributed by atoms with van der Waals surface area (Å²) in [6, 6.07) is 26.3. The van der Waals surface area contributed by atoms with E-state index in [9.17, 15) is 24.0 Å². The summed E-state index contributed by atoms with van der Waals surface area (Å²) in [5, 5.41) is 7.63. The van der Waals surface area contributed by atoms with E-state index in [0.717, 1.165) is 16.9 Å². The fourth-order valence-corrected chi connectivity index (χ4v) is 8.42. The van der Waals surface area contributed by atoms with Crippen LogP contribution in [0.1, 0.15) is 34.1 Å². The number of hydrogen-bond acceptors (Lipinski definition) is 13. The van der Waals surface area contributed by atoms with Crippen molar-refractivity contribution in [1.29, 1.82) is 0 Å². The van der Waals surface area contributed by atoms with Crippen LogP contribution in [0.25, 0.3) is 0 Å². The van der Waals surface area contributed by atoms with Gasteiger partial charge in [0, 0.05) is 17.7 Å². The minimum Gasteiger partial charge on any atom is -0.484 e. The van der Waals surface area contributed by atoms with Crippen LogP contribution in [0.15, 0.2) is 111 Å². The average Bonchev–Trinajstić information content (AvgIpc) is 3.62. The zero-order valence-corrected chi connectivity index (χ0v) is 29.2. The van der Waals surface area contributed by atoms with E-state index in [4.69, 9.17) is 20.0 Å². The molecule has 0 aliphatic carbocycles. The van der Waals surface area contributed by atoms with Gasteiger partial charge in [-0.3, -0.25) is 24.0 Å². The first-order chi connectivity index (χ1) is 25.2. The number of fused-ring (bicyclic) bond motifs is 1. The number of carbonyl (C=O) groups is 3. The highest BCUT2D eigenvalue weighted by atomic mass is 32.2. The second kappa shape index (κ2) is 14.4. The second-order valence-corrected chi connectivity index (χ2v) is 14.1. The van der Waals surface area contributed by atoms with Gasteiger partial charge in [-0.1, -0.05) is 96.2 Å². The van der Waals surface area contributed by atoms with Crippen molar-refractivity contribution in [3.05, 3.63) is 145 Å². The van der Waals surface area contributed by atoms with E-state index in [1.165, 1.54) is 29.2 Å². The van der Waals surface area contributed by atoms with E-state index in [-0.39, 0.29) is 46.8 Å². The molecular weight excluding hydrogens is 707 g/mol. The van der Waals surface area contributed by atoms with Crippen LogP contribution in [0.5, 0.6) is 5.75 Å². The first kappa shape index (κ1) is 34.6. The highest BCUT2D eigenvalue weighted by Gasteiger charge is 2.61. The molecule has 3 heterocycles. The number of nitrogens with one attached hydrogen (secondary N) is 1. The molecule has 3 N–H and O–H groups in total. The number of carbonyl (C=O) groups excluding carboxylic acids is 3. The van der Waals surface area contributed by atoms with Crippen LogP contribution in [-0.4, -0.2) is 64.2 Å². The number of rotatable bonds is 12. The topological polar surface area (TPSA) is 180 Å². The highest BCUT2D eigenvalue weighted by molar-refractivity contribution is 8.00. The van der Waals surface area contributed by atoms with Gasteiger partial charge >= 0.3 is 5.97 Å². The molecular formula is C37H31N5O8S2. The average molecular weight is 738 g/mol. The van der Waals surface area contributed by atoms with Crippen LogP contribution >= 0.6 is 23.1 Å². The standard InChI is InChI=1S/C37H31N5O8S2/c1-48-41-26(24-18-51-36(38)39-24)32(45)40-27-33(46)42-19-37(20-52-34(27)42,25-28(43)29(44)31(25)49-17-21-11-5-2-6-12-21)35(47)50-30(22-13-7-3-8-14-22)23-15-9-4-10-16-23/h2-16,18,27,30,34H,17,19-20H2,1H3,(H2,38,39)(H,40,45)/t27?,34-,37?/m1/s1. The maximum atomic E-state index is 14.7. The lowest BCUT2D eigenvalue weighted by atomic mass is 9.77. The van der Waals surface area contributed by atoms with Gasteiger partial charge in [0.2, 0.25) is 11.3 Å². The van der Waals surface area contributed by atoms with Crippen molar-refractivity contribution in [1.82, 2.24) is 15.2 Å². The zero-order chi connectivity index (χ0) is 36.4. The SMILES string of the molecule is CON=C(C(=O)NC1C(=O)N2CC(C(=O)OC(c3ccccc3)c3ccccc3)(c3c(OCc4ccccc4)c(=O)c3=O)CS[C@H]12)c1csc(N)n1. The van der Waals surface area contributed by atoms with Crippen molar-refractivity contribution in [3.63, 3.8) is 0 Å². The molecule has 2 saturated heterocycles. The number of aromatic nitrogens is 1. The molecule has 2 fully saturated rings.